The Morgan fingerprint density at radius 3 is 2.50 bits per heavy atom. The van der Waals surface area contributed by atoms with Crippen molar-refractivity contribution in [2.45, 2.75) is 25.6 Å². The number of benzene rings is 2. The van der Waals surface area contributed by atoms with Crippen molar-refractivity contribution in [3.63, 3.8) is 0 Å². The number of hydrogen-bond acceptors (Lipinski definition) is 0. The molecule has 0 fully saturated rings. The van der Waals surface area contributed by atoms with Crippen molar-refractivity contribution >= 4 is 27.5 Å². The zero-order chi connectivity index (χ0) is 13.1. The van der Waals surface area contributed by atoms with Crippen molar-refractivity contribution in [3.05, 3.63) is 69.2 Å². The van der Waals surface area contributed by atoms with Crippen LogP contribution >= 0.6 is 27.5 Å². The van der Waals surface area contributed by atoms with Crippen molar-refractivity contribution in [2.75, 3.05) is 0 Å². The average molecular weight is 324 g/mol. The third kappa shape index (κ3) is 3.15. The van der Waals surface area contributed by atoms with Gasteiger partial charge in [-0.15, -0.1) is 11.6 Å². The maximum absolute atomic E-state index is 6.57. The van der Waals surface area contributed by atoms with E-state index in [1.807, 2.05) is 0 Å². The van der Waals surface area contributed by atoms with Crippen LogP contribution in [0.1, 0.15) is 27.6 Å². The van der Waals surface area contributed by atoms with Gasteiger partial charge in [-0.05, 0) is 54.7 Å². The Kier molecular flexibility index (Phi) is 4.47. The minimum absolute atomic E-state index is 0.0172. The van der Waals surface area contributed by atoms with Crippen LogP contribution in [-0.2, 0) is 6.42 Å². The van der Waals surface area contributed by atoms with Gasteiger partial charge in [0.25, 0.3) is 0 Å². The summed E-state index contributed by atoms with van der Waals surface area (Å²) in [6.07, 6.45) is 0.867. The van der Waals surface area contributed by atoms with Crippen LogP contribution in [0.25, 0.3) is 0 Å². The van der Waals surface area contributed by atoms with Crippen LogP contribution in [0.3, 0.4) is 0 Å². The molecule has 0 amide bonds. The van der Waals surface area contributed by atoms with Gasteiger partial charge in [-0.25, -0.2) is 0 Å². The Hall–Kier alpha value is -0.790. The van der Waals surface area contributed by atoms with Gasteiger partial charge >= 0.3 is 0 Å². The van der Waals surface area contributed by atoms with Crippen molar-refractivity contribution in [2.24, 2.45) is 0 Å². The molecule has 1 atom stereocenters. The van der Waals surface area contributed by atoms with Crippen molar-refractivity contribution < 1.29 is 0 Å². The maximum atomic E-state index is 6.57. The van der Waals surface area contributed by atoms with Crippen LogP contribution in [0.15, 0.2) is 46.9 Å². The Morgan fingerprint density at radius 2 is 1.78 bits per heavy atom. The van der Waals surface area contributed by atoms with Crippen molar-refractivity contribution in [1.29, 1.82) is 0 Å². The van der Waals surface area contributed by atoms with Gasteiger partial charge in [0.1, 0.15) is 0 Å². The first-order valence-corrected chi connectivity index (χ1v) is 7.25. The summed E-state index contributed by atoms with van der Waals surface area (Å²) in [7, 11) is 0. The lowest BCUT2D eigenvalue weighted by atomic mass is 9.98. The Labute approximate surface area is 122 Å². The van der Waals surface area contributed by atoms with Crippen LogP contribution in [-0.4, -0.2) is 0 Å². The van der Waals surface area contributed by atoms with Crippen molar-refractivity contribution in [1.82, 2.24) is 0 Å². The Morgan fingerprint density at radius 1 is 1.06 bits per heavy atom. The molecule has 18 heavy (non-hydrogen) atoms. The van der Waals surface area contributed by atoms with E-state index in [2.05, 4.69) is 72.2 Å². The molecule has 0 radical (unpaired) electrons. The quantitative estimate of drug-likeness (QED) is 0.646. The smallest absolute Gasteiger partial charge is 0.0628 e. The van der Waals surface area contributed by atoms with Crippen LogP contribution < -0.4 is 0 Å². The minimum atomic E-state index is 0.0172. The van der Waals surface area contributed by atoms with E-state index >= 15 is 0 Å². The molecule has 0 N–H and O–H groups in total. The summed E-state index contributed by atoms with van der Waals surface area (Å²) in [5, 5.41) is 0.0172. The van der Waals surface area contributed by atoms with Gasteiger partial charge in [-0.2, -0.15) is 0 Å². The first-order chi connectivity index (χ1) is 8.58. The molecule has 0 nitrogen and oxygen atoms in total. The second-order valence-electron chi connectivity index (χ2n) is 4.60. The zero-order valence-electron chi connectivity index (χ0n) is 10.6. The van der Waals surface area contributed by atoms with Gasteiger partial charge in [0.2, 0.25) is 0 Å². The van der Waals surface area contributed by atoms with E-state index in [-0.39, 0.29) is 5.38 Å². The average Bonchev–Trinajstić information content (AvgIpc) is 2.35. The molecule has 2 aromatic rings. The van der Waals surface area contributed by atoms with E-state index in [9.17, 15) is 0 Å². The molecule has 0 aliphatic carbocycles. The number of halogens is 2. The van der Waals surface area contributed by atoms with Crippen LogP contribution in [0.4, 0.5) is 0 Å². The second-order valence-corrected chi connectivity index (χ2v) is 6.04. The SMILES string of the molecule is Cc1ccccc1CC(Cl)c1cc(Br)ccc1C. The molecule has 0 heterocycles. The van der Waals surface area contributed by atoms with Crippen LogP contribution in [0, 0.1) is 13.8 Å². The highest BCUT2D eigenvalue weighted by atomic mass is 79.9. The highest BCUT2D eigenvalue weighted by Crippen LogP contribution is 2.30. The first-order valence-electron chi connectivity index (χ1n) is 6.02. The molecule has 0 aromatic heterocycles. The molecule has 0 saturated carbocycles. The van der Waals surface area contributed by atoms with Gasteiger partial charge in [0, 0.05) is 4.47 Å². The maximum Gasteiger partial charge on any atom is 0.0628 e. The molecule has 0 aliphatic heterocycles. The van der Waals surface area contributed by atoms with Crippen molar-refractivity contribution in [3.8, 4) is 0 Å². The minimum Gasteiger partial charge on any atom is -0.117 e. The molecular formula is C16H16BrCl. The second kappa shape index (κ2) is 5.90. The van der Waals surface area contributed by atoms with Gasteiger partial charge in [0.15, 0.2) is 0 Å². The van der Waals surface area contributed by atoms with E-state index in [1.54, 1.807) is 0 Å². The number of hydrogen-bond donors (Lipinski definition) is 0. The molecular weight excluding hydrogens is 308 g/mol. The van der Waals surface area contributed by atoms with Gasteiger partial charge in [-0.3, -0.25) is 0 Å². The highest BCUT2D eigenvalue weighted by Gasteiger charge is 2.13. The van der Waals surface area contributed by atoms with E-state index in [0.29, 0.717) is 0 Å². The third-order valence-corrected chi connectivity index (χ3v) is 4.12. The predicted molar refractivity (Wildman–Crippen MR) is 82.4 cm³/mol. The van der Waals surface area contributed by atoms with E-state index in [0.717, 1.165) is 10.9 Å². The molecule has 2 aromatic carbocycles. The monoisotopic (exact) mass is 322 g/mol. The summed E-state index contributed by atoms with van der Waals surface area (Å²) in [6, 6.07) is 14.7. The number of rotatable bonds is 3. The summed E-state index contributed by atoms with van der Waals surface area (Å²) in [6.45, 7) is 4.24. The topological polar surface area (TPSA) is 0 Å². The summed E-state index contributed by atoms with van der Waals surface area (Å²) < 4.78 is 1.08. The number of alkyl halides is 1. The van der Waals surface area contributed by atoms with Crippen LogP contribution in [0.2, 0.25) is 0 Å². The normalized spacial score (nSPS) is 12.4. The fourth-order valence-corrected chi connectivity index (χ4v) is 2.87. The van der Waals surface area contributed by atoms with Gasteiger partial charge < -0.3 is 0 Å². The molecule has 0 aliphatic rings. The molecule has 1 unspecified atom stereocenters. The largest absolute Gasteiger partial charge is 0.117 e. The molecule has 0 bridgehead atoms. The van der Waals surface area contributed by atoms with E-state index in [1.165, 1.54) is 22.3 Å². The standard InChI is InChI=1S/C16H16BrCl/c1-11-5-3-4-6-13(11)9-16(18)15-10-14(17)8-7-12(15)2/h3-8,10,16H,9H2,1-2H3. The highest BCUT2D eigenvalue weighted by molar-refractivity contribution is 9.10. The lowest BCUT2D eigenvalue weighted by molar-refractivity contribution is 0.901. The fraction of sp³-hybridized carbons (Fsp3) is 0.250. The molecule has 0 spiro atoms. The fourth-order valence-electron chi connectivity index (χ4n) is 2.09. The summed E-state index contributed by atoms with van der Waals surface area (Å²) in [5.74, 6) is 0. The predicted octanol–water partition coefficient (Wildman–Crippen LogP) is 5.59. The molecule has 94 valence electrons. The number of aryl methyl sites for hydroxylation is 2. The summed E-state index contributed by atoms with van der Waals surface area (Å²) in [5.41, 5.74) is 5.06. The summed E-state index contributed by atoms with van der Waals surface area (Å²) >= 11 is 10.1. The van der Waals surface area contributed by atoms with E-state index < -0.39 is 0 Å². The zero-order valence-corrected chi connectivity index (χ0v) is 12.9. The van der Waals surface area contributed by atoms with Gasteiger partial charge in [0.05, 0.1) is 5.38 Å². The van der Waals surface area contributed by atoms with Gasteiger partial charge in [-0.1, -0.05) is 46.3 Å². The lowest BCUT2D eigenvalue weighted by Crippen LogP contribution is -2.00. The Balaban J connectivity index is 2.25. The molecule has 2 heteroatoms. The van der Waals surface area contributed by atoms with Crippen LogP contribution in [0.5, 0.6) is 0 Å². The molecule has 2 rings (SSSR count). The third-order valence-electron chi connectivity index (χ3n) is 3.24. The summed E-state index contributed by atoms with van der Waals surface area (Å²) in [4.78, 5) is 0. The Bertz CT molecular complexity index is 549. The van der Waals surface area contributed by atoms with E-state index in [4.69, 9.17) is 11.6 Å². The molecule has 0 saturated heterocycles. The first kappa shape index (κ1) is 13.6. The lowest BCUT2D eigenvalue weighted by Gasteiger charge is -2.14.